The molecule has 2 aromatic carbocycles. The van der Waals surface area contributed by atoms with E-state index in [0.29, 0.717) is 5.92 Å². The van der Waals surface area contributed by atoms with Crippen LogP contribution in [0.2, 0.25) is 0 Å². The third-order valence-corrected chi connectivity index (χ3v) is 3.49. The fourth-order valence-electron chi connectivity index (χ4n) is 2.47. The number of ether oxygens (including phenoxy) is 1. The van der Waals surface area contributed by atoms with Gasteiger partial charge in [0.25, 0.3) is 0 Å². The number of aliphatic carboxylic acids is 2. The van der Waals surface area contributed by atoms with Crippen LogP contribution >= 0.6 is 0 Å². The van der Waals surface area contributed by atoms with Gasteiger partial charge >= 0.3 is 11.9 Å². The van der Waals surface area contributed by atoms with Crippen LogP contribution in [0.4, 0.5) is 0 Å². The van der Waals surface area contributed by atoms with E-state index in [1.165, 1.54) is 5.56 Å². The van der Waals surface area contributed by atoms with Crippen molar-refractivity contribution in [2.75, 3.05) is 20.6 Å². The van der Waals surface area contributed by atoms with Gasteiger partial charge < -0.3 is 19.8 Å². The molecule has 2 aromatic rings. The normalized spacial score (nSPS) is 12.5. The third kappa shape index (κ3) is 7.81. The molecule has 140 valence electrons. The molecule has 0 aliphatic carbocycles. The van der Waals surface area contributed by atoms with Crippen LogP contribution in [-0.2, 0) is 9.59 Å². The maximum Gasteiger partial charge on any atom is 0.414 e. The Morgan fingerprint density at radius 2 is 1.38 bits per heavy atom. The number of carboxylic acid groups (broad SMARTS) is 2. The van der Waals surface area contributed by atoms with Crippen molar-refractivity contribution in [2.45, 2.75) is 13.0 Å². The van der Waals surface area contributed by atoms with Gasteiger partial charge in [0.05, 0.1) is 0 Å². The molecule has 6 heteroatoms. The van der Waals surface area contributed by atoms with E-state index >= 15 is 0 Å². The van der Waals surface area contributed by atoms with E-state index in [1.54, 1.807) is 0 Å². The summed E-state index contributed by atoms with van der Waals surface area (Å²) in [5, 5.41) is 14.8. The fraction of sp³-hybridized carbons (Fsp3) is 0.300. The Bertz CT molecular complexity index is 661. The quantitative estimate of drug-likeness (QED) is 0.771. The second-order valence-electron chi connectivity index (χ2n) is 6.11. The summed E-state index contributed by atoms with van der Waals surface area (Å²) in [5.41, 5.74) is 1.23. The van der Waals surface area contributed by atoms with Crippen LogP contribution in [0.15, 0.2) is 60.7 Å². The molecule has 2 N–H and O–H groups in total. The topological polar surface area (TPSA) is 87.1 Å². The highest BCUT2D eigenvalue weighted by atomic mass is 16.5. The number of carbonyl (C=O) groups is 2. The molecular formula is C20H25NO5. The Kier molecular flexibility index (Phi) is 8.87. The van der Waals surface area contributed by atoms with E-state index in [2.05, 4.69) is 50.2 Å². The molecule has 0 aliphatic rings. The van der Waals surface area contributed by atoms with E-state index in [1.807, 2.05) is 36.4 Å². The zero-order valence-corrected chi connectivity index (χ0v) is 15.2. The summed E-state index contributed by atoms with van der Waals surface area (Å²) >= 11 is 0. The van der Waals surface area contributed by atoms with Crippen molar-refractivity contribution < 1.29 is 24.5 Å². The summed E-state index contributed by atoms with van der Waals surface area (Å²) in [6.45, 7) is 3.23. The van der Waals surface area contributed by atoms with E-state index in [9.17, 15) is 0 Å². The molecule has 0 spiro atoms. The van der Waals surface area contributed by atoms with Crippen molar-refractivity contribution in [1.29, 1.82) is 0 Å². The Hall–Kier alpha value is -2.86. The van der Waals surface area contributed by atoms with Crippen LogP contribution < -0.4 is 4.74 Å². The largest absolute Gasteiger partial charge is 0.485 e. The molecule has 2 unspecified atom stereocenters. The second kappa shape index (κ2) is 10.9. The van der Waals surface area contributed by atoms with Crippen LogP contribution in [0, 0.1) is 5.92 Å². The molecule has 0 saturated carbocycles. The Labute approximate surface area is 153 Å². The van der Waals surface area contributed by atoms with Crippen LogP contribution in [-0.4, -0.2) is 47.7 Å². The van der Waals surface area contributed by atoms with Crippen molar-refractivity contribution in [3.8, 4) is 5.75 Å². The summed E-state index contributed by atoms with van der Waals surface area (Å²) in [6.07, 6.45) is 0.0704. The van der Waals surface area contributed by atoms with Gasteiger partial charge in [0.2, 0.25) is 0 Å². The number of hydrogen-bond acceptors (Lipinski definition) is 4. The van der Waals surface area contributed by atoms with Gasteiger partial charge in [-0.1, -0.05) is 55.5 Å². The van der Waals surface area contributed by atoms with Crippen LogP contribution in [0.5, 0.6) is 5.75 Å². The number of nitrogens with zero attached hydrogens (tertiary/aromatic N) is 1. The average Bonchev–Trinajstić information content (AvgIpc) is 2.61. The molecule has 2 rings (SSSR count). The molecule has 0 saturated heterocycles. The summed E-state index contributed by atoms with van der Waals surface area (Å²) in [5.74, 6) is -2.32. The Balaban J connectivity index is 0.000000487. The molecule has 0 bridgehead atoms. The highest BCUT2D eigenvalue weighted by molar-refractivity contribution is 6.27. The van der Waals surface area contributed by atoms with Crippen molar-refractivity contribution in [3.63, 3.8) is 0 Å². The minimum absolute atomic E-state index is 0.0704. The zero-order valence-electron chi connectivity index (χ0n) is 15.2. The molecule has 26 heavy (non-hydrogen) atoms. The molecule has 0 radical (unpaired) electrons. The van der Waals surface area contributed by atoms with Crippen molar-refractivity contribution >= 4 is 11.9 Å². The first-order valence-corrected chi connectivity index (χ1v) is 8.18. The maximum atomic E-state index is 9.10. The van der Waals surface area contributed by atoms with E-state index in [0.717, 1.165) is 12.3 Å². The monoisotopic (exact) mass is 359 g/mol. The van der Waals surface area contributed by atoms with Gasteiger partial charge in [-0.3, -0.25) is 0 Å². The van der Waals surface area contributed by atoms with Gasteiger partial charge in [0, 0.05) is 12.5 Å². The number of carboxylic acids is 2. The predicted octanol–water partition coefficient (Wildman–Crippen LogP) is 3.16. The average molecular weight is 359 g/mol. The van der Waals surface area contributed by atoms with Crippen molar-refractivity contribution in [2.24, 2.45) is 5.92 Å². The molecule has 0 heterocycles. The minimum Gasteiger partial charge on any atom is -0.485 e. The van der Waals surface area contributed by atoms with Gasteiger partial charge in [-0.25, -0.2) is 9.59 Å². The number of para-hydroxylation sites is 1. The Morgan fingerprint density at radius 1 is 0.923 bits per heavy atom. The van der Waals surface area contributed by atoms with Gasteiger partial charge in [-0.05, 0) is 31.8 Å². The number of rotatable bonds is 6. The molecule has 0 aromatic heterocycles. The summed E-state index contributed by atoms with van der Waals surface area (Å²) < 4.78 is 6.24. The first-order chi connectivity index (χ1) is 12.3. The van der Waals surface area contributed by atoms with Gasteiger partial charge in [-0.15, -0.1) is 0 Å². The highest BCUT2D eigenvalue weighted by Gasteiger charge is 2.21. The standard InChI is InChI=1S/C18H23NO.C2H2O4/c1-15(14-19(2)3)18(16-10-6-4-7-11-16)20-17-12-8-5-9-13-17;3-1(4)2(5)6/h4-13,15,18H,14H2,1-3H3;(H,3,4)(H,5,6). The molecule has 6 nitrogen and oxygen atoms in total. The Morgan fingerprint density at radius 3 is 1.81 bits per heavy atom. The molecule has 2 atom stereocenters. The lowest BCUT2D eigenvalue weighted by Gasteiger charge is -2.27. The highest BCUT2D eigenvalue weighted by Crippen LogP contribution is 2.28. The molecule has 0 amide bonds. The molecule has 0 fully saturated rings. The lowest BCUT2D eigenvalue weighted by Crippen LogP contribution is -2.27. The smallest absolute Gasteiger partial charge is 0.414 e. The molecule has 0 aliphatic heterocycles. The van der Waals surface area contributed by atoms with E-state index in [4.69, 9.17) is 24.5 Å². The fourth-order valence-corrected chi connectivity index (χ4v) is 2.47. The molecular weight excluding hydrogens is 334 g/mol. The van der Waals surface area contributed by atoms with Crippen LogP contribution in [0.25, 0.3) is 0 Å². The minimum atomic E-state index is -1.82. The van der Waals surface area contributed by atoms with Crippen molar-refractivity contribution in [1.82, 2.24) is 4.90 Å². The predicted molar refractivity (Wildman–Crippen MR) is 99.2 cm³/mol. The zero-order chi connectivity index (χ0) is 19.5. The van der Waals surface area contributed by atoms with E-state index in [-0.39, 0.29) is 6.10 Å². The summed E-state index contributed by atoms with van der Waals surface area (Å²) in [4.78, 5) is 20.4. The first kappa shape index (κ1) is 21.2. The lowest BCUT2D eigenvalue weighted by atomic mass is 9.96. The summed E-state index contributed by atoms with van der Waals surface area (Å²) in [6, 6.07) is 20.5. The number of benzene rings is 2. The van der Waals surface area contributed by atoms with Gasteiger partial charge in [-0.2, -0.15) is 0 Å². The first-order valence-electron chi connectivity index (χ1n) is 8.18. The van der Waals surface area contributed by atoms with Crippen LogP contribution in [0.1, 0.15) is 18.6 Å². The second-order valence-corrected chi connectivity index (χ2v) is 6.11. The van der Waals surface area contributed by atoms with Crippen molar-refractivity contribution in [3.05, 3.63) is 66.2 Å². The van der Waals surface area contributed by atoms with Gasteiger partial charge in [0.1, 0.15) is 11.9 Å². The lowest BCUT2D eigenvalue weighted by molar-refractivity contribution is -0.159. The third-order valence-electron chi connectivity index (χ3n) is 3.49. The van der Waals surface area contributed by atoms with E-state index < -0.39 is 11.9 Å². The van der Waals surface area contributed by atoms with Gasteiger partial charge in [0.15, 0.2) is 0 Å². The van der Waals surface area contributed by atoms with Crippen LogP contribution in [0.3, 0.4) is 0 Å². The maximum absolute atomic E-state index is 9.10. The number of hydrogen-bond donors (Lipinski definition) is 2. The SMILES string of the molecule is CC(CN(C)C)C(Oc1ccccc1)c1ccccc1.O=C(O)C(=O)O. The summed E-state index contributed by atoms with van der Waals surface area (Å²) in [7, 11) is 4.20.